The summed E-state index contributed by atoms with van der Waals surface area (Å²) in [4.78, 5) is 55.8. The van der Waals surface area contributed by atoms with Gasteiger partial charge in [-0.15, -0.1) is 0 Å². The first-order valence-corrected chi connectivity index (χ1v) is 15.9. The van der Waals surface area contributed by atoms with E-state index in [1.54, 1.807) is 64.1 Å². The number of nitrogens with zero attached hydrogens (tertiary/aromatic N) is 2. The molecule has 14 heteroatoms. The van der Waals surface area contributed by atoms with E-state index in [0.29, 0.717) is 48.7 Å². The number of rotatable bonds is 12. The van der Waals surface area contributed by atoms with Gasteiger partial charge in [-0.2, -0.15) is 0 Å². The summed E-state index contributed by atoms with van der Waals surface area (Å²) in [5, 5.41) is 0. The zero-order valence-electron chi connectivity index (χ0n) is 26.1. The molecule has 1 atom stereocenters. The zero-order chi connectivity index (χ0) is 33.5. The van der Waals surface area contributed by atoms with Crippen molar-refractivity contribution in [2.24, 2.45) is 4.99 Å². The summed E-state index contributed by atoms with van der Waals surface area (Å²) in [6.07, 6.45) is 1.67. The van der Waals surface area contributed by atoms with Gasteiger partial charge < -0.3 is 28.4 Å². The molecule has 0 aliphatic carbocycles. The number of carbonyl (C=O) groups excluding carboxylic acids is 3. The molecule has 0 fully saturated rings. The third-order valence-corrected chi connectivity index (χ3v) is 8.12. The Balaban J connectivity index is 1.90. The molecule has 0 radical (unpaired) electrons. The molecule has 1 aromatic heterocycles. The van der Waals surface area contributed by atoms with E-state index in [0.717, 1.165) is 11.3 Å². The SMILES string of the molecule is CCOC(=O)C1=C(C)N=c2s/c(=C/c3cc(Br)c(OC(C)=O)c(OCC)c3)c(=O)n2[C@H]1c1ccc(OCC(=O)OC)c(OCC)c1. The highest BCUT2D eigenvalue weighted by Crippen LogP contribution is 2.38. The van der Waals surface area contributed by atoms with Gasteiger partial charge in [-0.3, -0.25) is 14.2 Å². The summed E-state index contributed by atoms with van der Waals surface area (Å²) in [5.74, 6) is -0.540. The summed E-state index contributed by atoms with van der Waals surface area (Å²) in [5.41, 5.74) is 1.32. The largest absolute Gasteiger partial charge is 0.490 e. The molecular formula is C32H33BrN2O10S. The number of esters is 3. The number of methoxy groups -OCH3 is 1. The van der Waals surface area contributed by atoms with Gasteiger partial charge in [0.2, 0.25) is 0 Å². The highest BCUT2D eigenvalue weighted by atomic mass is 79.9. The molecule has 1 aliphatic heterocycles. The van der Waals surface area contributed by atoms with E-state index in [4.69, 9.17) is 23.7 Å². The number of thiazole rings is 1. The fourth-order valence-electron chi connectivity index (χ4n) is 4.71. The van der Waals surface area contributed by atoms with Gasteiger partial charge in [-0.25, -0.2) is 14.6 Å². The minimum absolute atomic E-state index is 0.123. The second kappa shape index (κ2) is 15.2. The number of halogens is 1. The highest BCUT2D eigenvalue weighted by Gasteiger charge is 2.34. The van der Waals surface area contributed by atoms with E-state index in [1.807, 2.05) is 0 Å². The summed E-state index contributed by atoms with van der Waals surface area (Å²) in [6.45, 7) is 8.66. The molecule has 2 heterocycles. The molecule has 0 amide bonds. The van der Waals surface area contributed by atoms with E-state index >= 15 is 0 Å². The van der Waals surface area contributed by atoms with E-state index in [1.165, 1.54) is 18.6 Å². The smallest absolute Gasteiger partial charge is 0.343 e. The average molecular weight is 718 g/mol. The van der Waals surface area contributed by atoms with Crippen molar-refractivity contribution >= 4 is 51.3 Å². The quantitative estimate of drug-likeness (QED) is 0.201. The standard InChI is InChI=1S/C32H33BrN2O10S/c1-7-41-23-15-20(10-11-22(23)44-16-26(37)40-6)28-27(31(39)43-9-3)17(4)34-32-35(28)30(38)25(46-32)14-19-12-21(33)29(45-18(5)36)24(13-19)42-8-2/h10-15,28H,7-9,16H2,1-6H3/b25-14+/t28-/m0/s1. The van der Waals surface area contributed by atoms with Crippen molar-refractivity contribution < 1.29 is 42.8 Å². The summed E-state index contributed by atoms with van der Waals surface area (Å²) in [7, 11) is 1.26. The van der Waals surface area contributed by atoms with Gasteiger partial charge in [-0.1, -0.05) is 17.4 Å². The van der Waals surface area contributed by atoms with Crippen molar-refractivity contribution in [3.63, 3.8) is 0 Å². The predicted octanol–water partition coefficient (Wildman–Crippen LogP) is 3.84. The van der Waals surface area contributed by atoms with Gasteiger partial charge in [0.15, 0.2) is 34.4 Å². The summed E-state index contributed by atoms with van der Waals surface area (Å²) < 4.78 is 34.8. The molecule has 1 aliphatic rings. The van der Waals surface area contributed by atoms with Crippen LogP contribution in [0, 0.1) is 0 Å². The molecule has 0 N–H and O–H groups in total. The maximum atomic E-state index is 14.1. The monoisotopic (exact) mass is 716 g/mol. The number of ether oxygens (including phenoxy) is 6. The van der Waals surface area contributed by atoms with Gasteiger partial charge in [0.1, 0.15) is 0 Å². The van der Waals surface area contributed by atoms with Crippen molar-refractivity contribution in [2.75, 3.05) is 33.5 Å². The van der Waals surface area contributed by atoms with Crippen LogP contribution in [0.2, 0.25) is 0 Å². The lowest BCUT2D eigenvalue weighted by atomic mass is 9.95. The van der Waals surface area contributed by atoms with Crippen LogP contribution in [-0.2, 0) is 23.9 Å². The van der Waals surface area contributed by atoms with Crippen LogP contribution in [0.25, 0.3) is 6.08 Å². The van der Waals surface area contributed by atoms with E-state index < -0.39 is 29.5 Å². The van der Waals surface area contributed by atoms with Gasteiger partial charge in [0.05, 0.1) is 53.2 Å². The lowest BCUT2D eigenvalue weighted by molar-refractivity contribution is -0.143. The third-order valence-electron chi connectivity index (χ3n) is 6.55. The van der Waals surface area contributed by atoms with Crippen molar-refractivity contribution in [1.82, 2.24) is 4.57 Å². The first-order valence-electron chi connectivity index (χ1n) is 14.3. The molecule has 12 nitrogen and oxygen atoms in total. The van der Waals surface area contributed by atoms with E-state index in [9.17, 15) is 19.2 Å². The number of fused-ring (bicyclic) bond motifs is 1. The number of benzene rings is 2. The lowest BCUT2D eigenvalue weighted by Gasteiger charge is -2.25. The Kier molecular flexibility index (Phi) is 11.4. The molecule has 0 saturated carbocycles. The molecule has 3 aromatic rings. The molecule has 0 spiro atoms. The second-order valence-corrected chi connectivity index (χ2v) is 11.5. The number of aromatic nitrogens is 1. The summed E-state index contributed by atoms with van der Waals surface area (Å²) >= 11 is 4.59. The fraction of sp³-hybridized carbons (Fsp3) is 0.344. The molecule has 0 bridgehead atoms. The lowest BCUT2D eigenvalue weighted by Crippen LogP contribution is -2.40. The molecule has 2 aromatic carbocycles. The van der Waals surface area contributed by atoms with Crippen molar-refractivity contribution in [3.8, 4) is 23.0 Å². The van der Waals surface area contributed by atoms with Crippen LogP contribution in [0.3, 0.4) is 0 Å². The third kappa shape index (κ3) is 7.50. The Morgan fingerprint density at radius 2 is 1.72 bits per heavy atom. The predicted molar refractivity (Wildman–Crippen MR) is 172 cm³/mol. The Morgan fingerprint density at radius 3 is 2.37 bits per heavy atom. The number of hydrogen-bond acceptors (Lipinski definition) is 12. The van der Waals surface area contributed by atoms with Gasteiger partial charge in [0, 0.05) is 6.92 Å². The van der Waals surface area contributed by atoms with Crippen LogP contribution >= 0.6 is 27.3 Å². The van der Waals surface area contributed by atoms with Crippen LogP contribution in [-0.4, -0.2) is 56.0 Å². The normalized spacial score (nSPS) is 14.2. The maximum Gasteiger partial charge on any atom is 0.343 e. The van der Waals surface area contributed by atoms with Crippen LogP contribution in [0.15, 0.2) is 55.9 Å². The Hall–Kier alpha value is -4.43. The highest BCUT2D eigenvalue weighted by molar-refractivity contribution is 9.10. The minimum atomic E-state index is -0.914. The van der Waals surface area contributed by atoms with Gasteiger partial charge in [-0.05, 0) is 85.1 Å². The number of carbonyl (C=O) groups is 3. The van der Waals surface area contributed by atoms with Crippen LogP contribution < -0.4 is 33.8 Å². The fourth-order valence-corrected chi connectivity index (χ4v) is 6.30. The topological polar surface area (TPSA) is 141 Å². The Bertz CT molecular complexity index is 1880. The minimum Gasteiger partial charge on any atom is -0.490 e. The summed E-state index contributed by atoms with van der Waals surface area (Å²) in [6, 6.07) is 7.41. The van der Waals surface area contributed by atoms with Crippen LogP contribution in [0.1, 0.15) is 51.8 Å². The van der Waals surface area contributed by atoms with E-state index in [2.05, 4.69) is 25.7 Å². The van der Waals surface area contributed by atoms with Crippen LogP contribution in [0.4, 0.5) is 0 Å². The second-order valence-electron chi connectivity index (χ2n) is 9.66. The number of hydrogen-bond donors (Lipinski definition) is 0. The van der Waals surface area contributed by atoms with Crippen molar-refractivity contribution in [3.05, 3.63) is 76.9 Å². The Morgan fingerprint density at radius 1 is 1.00 bits per heavy atom. The van der Waals surface area contributed by atoms with Crippen molar-refractivity contribution in [2.45, 2.75) is 40.7 Å². The molecule has 244 valence electrons. The van der Waals surface area contributed by atoms with E-state index in [-0.39, 0.29) is 36.9 Å². The van der Waals surface area contributed by atoms with Gasteiger partial charge in [0.25, 0.3) is 5.56 Å². The maximum absolute atomic E-state index is 14.1. The molecular weight excluding hydrogens is 684 g/mol. The molecule has 0 saturated heterocycles. The van der Waals surface area contributed by atoms with Crippen molar-refractivity contribution in [1.29, 1.82) is 0 Å². The first-order chi connectivity index (χ1) is 22.0. The zero-order valence-corrected chi connectivity index (χ0v) is 28.5. The number of allylic oxidation sites excluding steroid dienone is 1. The molecule has 0 unspecified atom stereocenters. The average Bonchev–Trinajstić information content (AvgIpc) is 3.31. The Labute approximate surface area is 277 Å². The first kappa shape index (κ1) is 34.4. The molecule has 46 heavy (non-hydrogen) atoms. The van der Waals surface area contributed by atoms with Crippen LogP contribution in [0.5, 0.6) is 23.0 Å². The van der Waals surface area contributed by atoms with Gasteiger partial charge >= 0.3 is 17.9 Å². The molecule has 4 rings (SSSR count).